The van der Waals surface area contributed by atoms with Crippen molar-refractivity contribution in [3.63, 3.8) is 0 Å². The van der Waals surface area contributed by atoms with Gasteiger partial charge in [0.05, 0.1) is 4.90 Å². The topological polar surface area (TPSA) is 59.1 Å². The van der Waals surface area contributed by atoms with Crippen molar-refractivity contribution in [1.29, 1.82) is 0 Å². The van der Waals surface area contributed by atoms with Gasteiger partial charge >= 0.3 is 0 Å². The lowest BCUT2D eigenvalue weighted by atomic mass is 10.1. The van der Waals surface area contributed by atoms with E-state index < -0.39 is 10.0 Å². The zero-order valence-corrected chi connectivity index (χ0v) is 16.0. The first-order chi connectivity index (χ1) is 11.3. The summed E-state index contributed by atoms with van der Waals surface area (Å²) in [4.78, 5) is 4.53. The molecule has 3 rings (SSSR count). The van der Waals surface area contributed by atoms with E-state index in [0.717, 1.165) is 20.8 Å². The molecule has 4 nitrogen and oxygen atoms in total. The number of halogens is 1. The molecule has 0 aliphatic heterocycles. The van der Waals surface area contributed by atoms with Crippen molar-refractivity contribution in [3.05, 3.63) is 63.8 Å². The van der Waals surface area contributed by atoms with Crippen LogP contribution in [0.5, 0.6) is 0 Å². The van der Waals surface area contributed by atoms with E-state index in [1.165, 1.54) is 0 Å². The van der Waals surface area contributed by atoms with Crippen molar-refractivity contribution >= 4 is 42.5 Å². The van der Waals surface area contributed by atoms with E-state index in [2.05, 4.69) is 25.6 Å². The number of aryl methyl sites for hydroxylation is 3. The zero-order valence-electron chi connectivity index (χ0n) is 13.6. The summed E-state index contributed by atoms with van der Waals surface area (Å²) in [5.41, 5.74) is 2.45. The summed E-state index contributed by atoms with van der Waals surface area (Å²) in [5, 5.41) is 1.77. The summed E-state index contributed by atoms with van der Waals surface area (Å²) < 4.78 is 29.3. The van der Waals surface area contributed by atoms with E-state index in [-0.39, 0.29) is 4.90 Å². The van der Waals surface area contributed by atoms with Gasteiger partial charge < -0.3 is 0 Å². The highest BCUT2D eigenvalue weighted by Gasteiger charge is 2.21. The third-order valence-corrected chi connectivity index (χ3v) is 6.05. The first-order valence-electron chi connectivity index (χ1n) is 7.43. The Kier molecular flexibility index (Phi) is 4.36. The third-order valence-electron chi connectivity index (χ3n) is 3.95. The molecular weight excluding hydrogens is 388 g/mol. The molecule has 0 radical (unpaired) electrons. The average Bonchev–Trinajstić information content (AvgIpc) is 2.46. The van der Waals surface area contributed by atoms with Crippen molar-refractivity contribution in [2.24, 2.45) is 0 Å². The zero-order chi connectivity index (χ0) is 17.5. The van der Waals surface area contributed by atoms with Crippen LogP contribution in [-0.4, -0.2) is 13.4 Å². The Morgan fingerprint density at radius 2 is 1.62 bits per heavy atom. The number of sulfonamides is 1. The lowest BCUT2D eigenvalue weighted by Crippen LogP contribution is -2.16. The fourth-order valence-corrected chi connectivity index (χ4v) is 5.12. The summed E-state index contributed by atoms with van der Waals surface area (Å²) in [5.74, 6) is 0.345. The lowest BCUT2D eigenvalue weighted by Gasteiger charge is -2.14. The van der Waals surface area contributed by atoms with Gasteiger partial charge in [0.25, 0.3) is 10.0 Å². The summed E-state index contributed by atoms with van der Waals surface area (Å²) in [6.07, 6.45) is 1.62. The van der Waals surface area contributed by atoms with E-state index in [4.69, 9.17) is 0 Å². The highest BCUT2D eigenvalue weighted by atomic mass is 79.9. The summed E-state index contributed by atoms with van der Waals surface area (Å²) in [7, 11) is -3.73. The number of nitrogens with one attached hydrogen (secondary N) is 1. The van der Waals surface area contributed by atoms with Crippen LogP contribution in [0.4, 0.5) is 5.82 Å². The van der Waals surface area contributed by atoms with Crippen LogP contribution in [0.2, 0.25) is 0 Å². The number of rotatable bonds is 3. The van der Waals surface area contributed by atoms with Gasteiger partial charge in [0.15, 0.2) is 0 Å². The van der Waals surface area contributed by atoms with Crippen LogP contribution in [0.1, 0.15) is 16.7 Å². The van der Waals surface area contributed by atoms with Crippen LogP contribution in [0.3, 0.4) is 0 Å². The van der Waals surface area contributed by atoms with E-state index >= 15 is 0 Å². The highest BCUT2D eigenvalue weighted by Crippen LogP contribution is 2.29. The number of benzene rings is 2. The standard InChI is InChI=1S/C18H17BrN2O2S/c1-11-5-4-6-16-15(11)7-8-20-18(16)21-24(22,23)17-12(2)9-14(19)10-13(17)3/h4-10H,1-3H3,(H,20,21). The Hall–Kier alpha value is -1.92. The molecule has 24 heavy (non-hydrogen) atoms. The van der Waals surface area contributed by atoms with Crippen molar-refractivity contribution < 1.29 is 8.42 Å². The molecule has 6 heteroatoms. The minimum atomic E-state index is -3.73. The fourth-order valence-electron chi connectivity index (χ4n) is 2.95. The molecule has 0 aliphatic carbocycles. The summed E-state index contributed by atoms with van der Waals surface area (Å²) in [6, 6.07) is 11.2. The maximum atomic E-state index is 12.9. The van der Waals surface area contributed by atoms with Gasteiger partial charge in [-0.05, 0) is 61.0 Å². The predicted molar refractivity (Wildman–Crippen MR) is 101 cm³/mol. The molecule has 0 amide bonds. The maximum Gasteiger partial charge on any atom is 0.263 e. The van der Waals surface area contributed by atoms with Crippen molar-refractivity contribution in [1.82, 2.24) is 4.98 Å². The predicted octanol–water partition coefficient (Wildman–Crippen LogP) is 4.72. The molecule has 0 bridgehead atoms. The Balaban J connectivity index is 2.14. The molecule has 0 unspecified atom stereocenters. The number of hydrogen-bond acceptors (Lipinski definition) is 3. The van der Waals surface area contributed by atoms with Gasteiger partial charge in [-0.3, -0.25) is 4.72 Å². The molecule has 1 aromatic heterocycles. The van der Waals surface area contributed by atoms with Gasteiger partial charge in [-0.25, -0.2) is 13.4 Å². The molecule has 1 N–H and O–H groups in total. The SMILES string of the molecule is Cc1cc(Br)cc(C)c1S(=O)(=O)Nc1nccc2c(C)cccc12. The van der Waals surface area contributed by atoms with Crippen molar-refractivity contribution in [2.45, 2.75) is 25.7 Å². The molecule has 0 atom stereocenters. The number of anilines is 1. The molecule has 0 fully saturated rings. The smallest absolute Gasteiger partial charge is 0.263 e. The normalized spacial score (nSPS) is 11.7. The number of hydrogen-bond donors (Lipinski definition) is 1. The minimum Gasteiger partial charge on any atom is -0.263 e. The molecule has 3 aromatic rings. The number of pyridine rings is 1. The molecule has 0 saturated heterocycles. The molecule has 1 heterocycles. The monoisotopic (exact) mass is 404 g/mol. The van der Waals surface area contributed by atoms with Crippen LogP contribution >= 0.6 is 15.9 Å². The fraction of sp³-hybridized carbons (Fsp3) is 0.167. The van der Waals surface area contributed by atoms with Crippen LogP contribution in [0.15, 0.2) is 52.0 Å². The van der Waals surface area contributed by atoms with Crippen molar-refractivity contribution in [2.75, 3.05) is 4.72 Å². The molecule has 0 spiro atoms. The van der Waals surface area contributed by atoms with Crippen LogP contribution in [0.25, 0.3) is 10.8 Å². The van der Waals surface area contributed by atoms with Crippen LogP contribution in [0, 0.1) is 20.8 Å². The lowest BCUT2D eigenvalue weighted by molar-refractivity contribution is 0.600. The van der Waals surface area contributed by atoms with Gasteiger partial charge in [0.2, 0.25) is 0 Å². The molecular formula is C18H17BrN2O2S. The largest absolute Gasteiger partial charge is 0.263 e. The summed E-state index contributed by atoms with van der Waals surface area (Å²) >= 11 is 3.39. The Morgan fingerprint density at radius 1 is 0.958 bits per heavy atom. The number of aromatic nitrogens is 1. The Bertz CT molecular complexity index is 1020. The van der Waals surface area contributed by atoms with Gasteiger partial charge in [0.1, 0.15) is 5.82 Å². The van der Waals surface area contributed by atoms with Gasteiger partial charge in [0, 0.05) is 16.1 Å². The minimum absolute atomic E-state index is 0.289. The highest BCUT2D eigenvalue weighted by molar-refractivity contribution is 9.10. The molecule has 0 saturated carbocycles. The van der Waals surface area contributed by atoms with Gasteiger partial charge in [-0.2, -0.15) is 0 Å². The second-order valence-corrected chi connectivity index (χ2v) is 8.34. The van der Waals surface area contributed by atoms with E-state index in [0.29, 0.717) is 16.9 Å². The van der Waals surface area contributed by atoms with Crippen LogP contribution in [-0.2, 0) is 10.0 Å². The molecule has 2 aromatic carbocycles. The van der Waals surface area contributed by atoms with E-state index in [1.807, 2.05) is 31.2 Å². The molecule has 124 valence electrons. The van der Waals surface area contributed by atoms with E-state index in [9.17, 15) is 8.42 Å². The first kappa shape index (κ1) is 16.9. The average molecular weight is 405 g/mol. The van der Waals surface area contributed by atoms with Gasteiger partial charge in [-0.1, -0.05) is 34.1 Å². The first-order valence-corrected chi connectivity index (χ1v) is 9.71. The van der Waals surface area contributed by atoms with E-state index in [1.54, 1.807) is 32.2 Å². The van der Waals surface area contributed by atoms with Gasteiger partial charge in [-0.15, -0.1) is 0 Å². The third kappa shape index (κ3) is 3.03. The van der Waals surface area contributed by atoms with Crippen molar-refractivity contribution in [3.8, 4) is 0 Å². The quantitative estimate of drug-likeness (QED) is 0.686. The number of nitrogens with zero attached hydrogens (tertiary/aromatic N) is 1. The maximum absolute atomic E-state index is 12.9. The Labute approximate surface area is 150 Å². The number of fused-ring (bicyclic) bond motifs is 1. The second-order valence-electron chi connectivity index (χ2n) is 5.80. The second kappa shape index (κ2) is 6.18. The Morgan fingerprint density at radius 3 is 2.29 bits per heavy atom. The molecule has 0 aliphatic rings. The summed E-state index contributed by atoms with van der Waals surface area (Å²) in [6.45, 7) is 5.56. The van der Waals surface area contributed by atoms with Crippen LogP contribution < -0.4 is 4.72 Å².